The molecular formula is C30H35ClN4O2. The number of benzene rings is 2. The number of aromatic nitrogens is 1. The Kier molecular flexibility index (Phi) is 8.59. The second-order valence-corrected chi connectivity index (χ2v) is 10.4. The topological polar surface area (TPSA) is 48.9 Å². The maximum atomic E-state index is 13.0. The number of amides is 1. The van der Waals surface area contributed by atoms with E-state index in [0.717, 1.165) is 75.7 Å². The van der Waals surface area contributed by atoms with Gasteiger partial charge in [0.1, 0.15) is 5.75 Å². The molecule has 194 valence electrons. The van der Waals surface area contributed by atoms with Gasteiger partial charge in [-0.15, -0.1) is 0 Å². The van der Waals surface area contributed by atoms with Crippen LogP contribution in [0.4, 0.5) is 5.69 Å². The first-order valence-corrected chi connectivity index (χ1v) is 13.7. The molecule has 0 radical (unpaired) electrons. The number of ether oxygens (including phenoxy) is 1. The van der Waals surface area contributed by atoms with Gasteiger partial charge in [0.05, 0.1) is 12.2 Å². The number of rotatable bonds is 8. The van der Waals surface area contributed by atoms with Crippen LogP contribution in [0.5, 0.6) is 5.75 Å². The van der Waals surface area contributed by atoms with Crippen molar-refractivity contribution in [3.63, 3.8) is 0 Å². The Labute approximate surface area is 224 Å². The number of likely N-dealkylation sites (tertiary alicyclic amines) is 1. The van der Waals surface area contributed by atoms with Crippen LogP contribution in [0.25, 0.3) is 0 Å². The number of carbonyl (C=O) groups is 1. The van der Waals surface area contributed by atoms with Crippen LogP contribution in [0.3, 0.4) is 0 Å². The van der Waals surface area contributed by atoms with Gasteiger partial charge in [0.15, 0.2) is 0 Å². The molecule has 2 aliphatic heterocycles. The second kappa shape index (κ2) is 12.4. The van der Waals surface area contributed by atoms with Gasteiger partial charge in [-0.1, -0.05) is 29.8 Å². The molecule has 6 nitrogen and oxygen atoms in total. The lowest BCUT2D eigenvalue weighted by Gasteiger charge is -2.36. The van der Waals surface area contributed by atoms with Gasteiger partial charge < -0.3 is 14.5 Å². The predicted octanol–water partition coefficient (Wildman–Crippen LogP) is 5.52. The van der Waals surface area contributed by atoms with Crippen molar-refractivity contribution in [2.45, 2.75) is 38.3 Å². The summed E-state index contributed by atoms with van der Waals surface area (Å²) in [5, 5.41) is 0.785. The summed E-state index contributed by atoms with van der Waals surface area (Å²) in [7, 11) is 0. The van der Waals surface area contributed by atoms with Crippen molar-refractivity contribution in [3.05, 3.63) is 89.2 Å². The SMILES string of the molecule is O=C(c1cccnc1)N1CCCCC1CCOc1cccc(CN2CCN(c3cccc(Cl)c3)CC2)c1. The molecule has 2 fully saturated rings. The molecule has 0 aliphatic carbocycles. The third kappa shape index (κ3) is 6.82. The van der Waals surface area contributed by atoms with Crippen molar-refractivity contribution in [1.29, 1.82) is 0 Å². The van der Waals surface area contributed by atoms with Crippen LogP contribution in [0.2, 0.25) is 5.02 Å². The van der Waals surface area contributed by atoms with E-state index in [1.807, 2.05) is 41.3 Å². The Morgan fingerprint density at radius 3 is 2.65 bits per heavy atom. The van der Waals surface area contributed by atoms with Gasteiger partial charge in [0.2, 0.25) is 0 Å². The van der Waals surface area contributed by atoms with Gasteiger partial charge in [0.25, 0.3) is 5.91 Å². The Hall–Kier alpha value is -3.09. The van der Waals surface area contributed by atoms with Gasteiger partial charge >= 0.3 is 0 Å². The zero-order chi connectivity index (χ0) is 25.5. The first kappa shape index (κ1) is 25.6. The van der Waals surface area contributed by atoms with Gasteiger partial charge in [-0.3, -0.25) is 14.7 Å². The van der Waals surface area contributed by atoms with Gasteiger partial charge in [-0.05, 0) is 67.3 Å². The van der Waals surface area contributed by atoms with Gasteiger partial charge in [-0.2, -0.15) is 0 Å². The molecule has 0 saturated carbocycles. The van der Waals surface area contributed by atoms with Crippen LogP contribution in [0.15, 0.2) is 73.1 Å². The number of carbonyl (C=O) groups excluding carboxylic acids is 1. The van der Waals surface area contributed by atoms with Crippen molar-refractivity contribution < 1.29 is 9.53 Å². The number of piperidine rings is 1. The summed E-state index contributed by atoms with van der Waals surface area (Å²) >= 11 is 6.17. The summed E-state index contributed by atoms with van der Waals surface area (Å²) in [5.74, 6) is 0.978. The quantitative estimate of drug-likeness (QED) is 0.393. The molecule has 0 bridgehead atoms. The highest BCUT2D eigenvalue weighted by molar-refractivity contribution is 6.30. The fourth-order valence-corrected chi connectivity index (χ4v) is 5.55. The monoisotopic (exact) mass is 518 g/mol. The third-order valence-corrected chi connectivity index (χ3v) is 7.60. The molecule has 1 unspecified atom stereocenters. The fraction of sp³-hybridized carbons (Fsp3) is 0.400. The Bertz CT molecular complexity index is 1170. The maximum Gasteiger partial charge on any atom is 0.255 e. The molecule has 37 heavy (non-hydrogen) atoms. The average Bonchev–Trinajstić information content (AvgIpc) is 2.94. The van der Waals surface area contributed by atoms with Crippen molar-refractivity contribution >= 4 is 23.2 Å². The molecule has 0 N–H and O–H groups in total. The van der Waals surface area contributed by atoms with E-state index in [1.54, 1.807) is 12.4 Å². The minimum atomic E-state index is 0.0789. The highest BCUT2D eigenvalue weighted by Crippen LogP contribution is 2.24. The summed E-state index contributed by atoms with van der Waals surface area (Å²) in [6.07, 6.45) is 7.43. The standard InChI is InChI=1S/C30H35ClN4O2/c31-26-8-4-10-28(21-26)34-17-15-33(16-18-34)23-24-6-3-11-29(20-24)37-19-12-27-9-1-2-14-35(27)30(36)25-7-5-13-32-22-25/h3-8,10-11,13,20-22,27H,1-2,9,12,14-19,23H2. The normalized spacial score (nSPS) is 18.6. The summed E-state index contributed by atoms with van der Waals surface area (Å²) in [5.41, 5.74) is 3.12. The van der Waals surface area contributed by atoms with Crippen LogP contribution in [0, 0.1) is 0 Å². The lowest BCUT2D eigenvalue weighted by Crippen LogP contribution is -2.45. The molecule has 2 saturated heterocycles. The minimum Gasteiger partial charge on any atom is -0.494 e. The van der Waals surface area contributed by atoms with E-state index in [-0.39, 0.29) is 11.9 Å². The smallest absolute Gasteiger partial charge is 0.255 e. The molecule has 2 aromatic carbocycles. The Morgan fingerprint density at radius 1 is 0.973 bits per heavy atom. The molecule has 3 aromatic rings. The van der Waals surface area contributed by atoms with Crippen molar-refractivity contribution in [2.24, 2.45) is 0 Å². The van der Waals surface area contributed by atoms with Crippen molar-refractivity contribution in [3.8, 4) is 5.75 Å². The van der Waals surface area contributed by atoms with Crippen molar-refractivity contribution in [1.82, 2.24) is 14.8 Å². The highest BCUT2D eigenvalue weighted by atomic mass is 35.5. The van der Waals surface area contributed by atoms with Crippen LogP contribution >= 0.6 is 11.6 Å². The lowest BCUT2D eigenvalue weighted by molar-refractivity contribution is 0.0580. The number of piperazine rings is 1. The number of hydrogen-bond donors (Lipinski definition) is 0. The number of hydrogen-bond acceptors (Lipinski definition) is 5. The summed E-state index contributed by atoms with van der Waals surface area (Å²) in [6.45, 7) is 6.33. The van der Waals surface area contributed by atoms with E-state index in [9.17, 15) is 4.79 Å². The fourth-order valence-electron chi connectivity index (χ4n) is 5.36. The van der Waals surface area contributed by atoms with E-state index >= 15 is 0 Å². The highest BCUT2D eigenvalue weighted by Gasteiger charge is 2.27. The molecule has 7 heteroatoms. The van der Waals surface area contributed by atoms with E-state index < -0.39 is 0 Å². The maximum absolute atomic E-state index is 13.0. The molecule has 1 aromatic heterocycles. The number of nitrogens with zero attached hydrogens (tertiary/aromatic N) is 4. The molecule has 1 amide bonds. The Balaban J connectivity index is 1.10. The van der Waals surface area contributed by atoms with Crippen LogP contribution in [0.1, 0.15) is 41.6 Å². The molecule has 2 aliphatic rings. The summed E-state index contributed by atoms with van der Waals surface area (Å²) < 4.78 is 6.17. The zero-order valence-corrected chi connectivity index (χ0v) is 22.0. The van der Waals surface area contributed by atoms with E-state index in [4.69, 9.17) is 16.3 Å². The zero-order valence-electron chi connectivity index (χ0n) is 21.3. The summed E-state index contributed by atoms with van der Waals surface area (Å²) in [6, 6.07) is 20.4. The van der Waals surface area contributed by atoms with Gasteiger partial charge in [0, 0.05) is 74.8 Å². The predicted molar refractivity (Wildman–Crippen MR) is 148 cm³/mol. The first-order chi connectivity index (χ1) is 18.2. The minimum absolute atomic E-state index is 0.0789. The molecule has 0 spiro atoms. The Morgan fingerprint density at radius 2 is 1.84 bits per heavy atom. The molecular weight excluding hydrogens is 484 g/mol. The molecule has 1 atom stereocenters. The average molecular weight is 519 g/mol. The largest absolute Gasteiger partial charge is 0.494 e. The number of pyridine rings is 1. The first-order valence-electron chi connectivity index (χ1n) is 13.3. The van der Waals surface area contributed by atoms with Crippen molar-refractivity contribution in [2.75, 3.05) is 44.2 Å². The number of anilines is 1. The second-order valence-electron chi connectivity index (χ2n) is 9.92. The third-order valence-electron chi connectivity index (χ3n) is 7.37. The van der Waals surface area contributed by atoms with E-state index in [2.05, 4.69) is 39.0 Å². The summed E-state index contributed by atoms with van der Waals surface area (Å²) in [4.78, 5) is 24.0. The molecule has 3 heterocycles. The van der Waals surface area contributed by atoms with Crippen LogP contribution in [-0.4, -0.2) is 66.1 Å². The van der Waals surface area contributed by atoms with Gasteiger partial charge in [-0.25, -0.2) is 0 Å². The lowest BCUT2D eigenvalue weighted by atomic mass is 9.98. The number of halogens is 1. The van der Waals surface area contributed by atoms with Crippen LogP contribution in [-0.2, 0) is 6.54 Å². The van der Waals surface area contributed by atoms with E-state index in [0.29, 0.717) is 12.2 Å². The molecule has 5 rings (SSSR count). The van der Waals surface area contributed by atoms with Crippen LogP contribution < -0.4 is 9.64 Å². The van der Waals surface area contributed by atoms with E-state index in [1.165, 1.54) is 11.3 Å².